The monoisotopic (exact) mass is 255 g/mol. The molecule has 0 radical (unpaired) electrons. The summed E-state index contributed by atoms with van der Waals surface area (Å²) in [5.74, 6) is -0.402. The first kappa shape index (κ1) is 13.0. The molecule has 0 bridgehead atoms. The van der Waals surface area contributed by atoms with Crippen molar-refractivity contribution in [2.45, 2.75) is 32.0 Å². The zero-order valence-electron chi connectivity index (χ0n) is 10.1. The molecule has 0 saturated carbocycles. The minimum Gasteiger partial charge on any atom is -0.353 e. The van der Waals surface area contributed by atoms with Crippen LogP contribution in [-0.4, -0.2) is 43.6 Å². The van der Waals surface area contributed by atoms with Gasteiger partial charge in [-0.05, 0) is 6.42 Å². The highest BCUT2D eigenvalue weighted by Crippen LogP contribution is 2.07. The number of nitrogens with one attached hydrogen (secondary N) is 2. The molecule has 0 unspecified atom stereocenters. The molecule has 1 fully saturated rings. The molecule has 2 aliphatic heterocycles. The normalized spacial score (nSPS) is 21.1. The molecule has 0 spiro atoms. The van der Waals surface area contributed by atoms with Crippen LogP contribution in [0.15, 0.2) is 5.10 Å². The summed E-state index contributed by atoms with van der Waals surface area (Å²) in [5.41, 5.74) is 2.65. The van der Waals surface area contributed by atoms with Gasteiger partial charge in [-0.3, -0.25) is 9.59 Å². The van der Waals surface area contributed by atoms with Gasteiger partial charge in [0, 0.05) is 25.8 Å². The summed E-state index contributed by atoms with van der Waals surface area (Å²) in [6, 6.07) is 0. The van der Waals surface area contributed by atoms with Crippen LogP contribution < -0.4 is 10.7 Å². The second-order valence-electron chi connectivity index (χ2n) is 4.16. The Labute approximate surface area is 105 Å². The maximum absolute atomic E-state index is 11.7. The standard InChI is InChI=1S/C11H17N3O4/c15-9-3-2-8(13-14-9)11(16)12-5-4-10-17-6-1-7-18-10/h10H,1-7H2,(H,12,16)(H,14,15). The first-order chi connectivity index (χ1) is 8.75. The molecule has 7 nitrogen and oxygen atoms in total. The lowest BCUT2D eigenvalue weighted by atomic mass is 10.1. The molecule has 0 atom stereocenters. The lowest BCUT2D eigenvalue weighted by molar-refractivity contribution is -0.180. The molecule has 7 heteroatoms. The van der Waals surface area contributed by atoms with Crippen molar-refractivity contribution in [2.75, 3.05) is 19.8 Å². The average Bonchev–Trinajstić information content (AvgIpc) is 2.40. The molecular formula is C11H17N3O4. The molecule has 2 heterocycles. The summed E-state index contributed by atoms with van der Waals surface area (Å²) in [6.07, 6.45) is 1.99. The lowest BCUT2D eigenvalue weighted by Crippen LogP contribution is -2.38. The van der Waals surface area contributed by atoms with Gasteiger partial charge in [0.05, 0.1) is 13.2 Å². The highest BCUT2D eigenvalue weighted by Gasteiger charge is 2.19. The van der Waals surface area contributed by atoms with Gasteiger partial charge < -0.3 is 14.8 Å². The van der Waals surface area contributed by atoms with E-state index in [4.69, 9.17) is 9.47 Å². The van der Waals surface area contributed by atoms with Crippen LogP contribution in [0.2, 0.25) is 0 Å². The van der Waals surface area contributed by atoms with Crippen LogP contribution in [0.3, 0.4) is 0 Å². The molecule has 2 aliphatic rings. The number of nitrogens with zero attached hydrogens (tertiary/aromatic N) is 1. The van der Waals surface area contributed by atoms with E-state index in [1.54, 1.807) is 0 Å². The number of hydrogen-bond acceptors (Lipinski definition) is 5. The third-order valence-electron chi connectivity index (χ3n) is 2.73. The van der Waals surface area contributed by atoms with E-state index < -0.39 is 0 Å². The van der Waals surface area contributed by atoms with Crippen LogP contribution in [0.25, 0.3) is 0 Å². The topological polar surface area (TPSA) is 89.0 Å². The van der Waals surface area contributed by atoms with E-state index >= 15 is 0 Å². The molecule has 100 valence electrons. The van der Waals surface area contributed by atoms with Gasteiger partial charge in [-0.15, -0.1) is 0 Å². The van der Waals surface area contributed by atoms with Crippen molar-refractivity contribution < 1.29 is 19.1 Å². The van der Waals surface area contributed by atoms with E-state index in [2.05, 4.69) is 15.8 Å². The Morgan fingerprint density at radius 1 is 1.39 bits per heavy atom. The number of hydrogen-bond donors (Lipinski definition) is 2. The molecule has 2 rings (SSSR count). The van der Waals surface area contributed by atoms with E-state index in [9.17, 15) is 9.59 Å². The van der Waals surface area contributed by atoms with Crippen LogP contribution in [0.5, 0.6) is 0 Å². The van der Waals surface area contributed by atoms with Crippen LogP contribution in [0.1, 0.15) is 25.7 Å². The van der Waals surface area contributed by atoms with Gasteiger partial charge in [-0.25, -0.2) is 5.43 Å². The number of ether oxygens (including phenoxy) is 2. The van der Waals surface area contributed by atoms with Crippen LogP contribution in [0, 0.1) is 0 Å². The van der Waals surface area contributed by atoms with Crippen molar-refractivity contribution in [1.29, 1.82) is 0 Å². The molecule has 1 saturated heterocycles. The zero-order valence-corrected chi connectivity index (χ0v) is 10.1. The fourth-order valence-electron chi connectivity index (χ4n) is 1.75. The zero-order chi connectivity index (χ0) is 12.8. The van der Waals surface area contributed by atoms with Crippen LogP contribution in [0.4, 0.5) is 0 Å². The van der Waals surface area contributed by atoms with Crippen molar-refractivity contribution in [3.63, 3.8) is 0 Å². The quantitative estimate of drug-likeness (QED) is 0.710. The maximum atomic E-state index is 11.7. The summed E-state index contributed by atoms with van der Waals surface area (Å²) in [6.45, 7) is 1.88. The smallest absolute Gasteiger partial charge is 0.267 e. The molecule has 0 aromatic heterocycles. The average molecular weight is 255 g/mol. The number of rotatable bonds is 4. The minimum absolute atomic E-state index is 0.157. The predicted octanol–water partition coefficient (Wildman–Crippen LogP) is -0.478. The molecule has 0 aliphatic carbocycles. The Morgan fingerprint density at radius 2 is 2.17 bits per heavy atom. The van der Waals surface area contributed by atoms with Gasteiger partial charge in [0.1, 0.15) is 5.71 Å². The molecular weight excluding hydrogens is 238 g/mol. The van der Waals surface area contributed by atoms with Crippen LogP contribution >= 0.6 is 0 Å². The van der Waals surface area contributed by atoms with Crippen molar-refractivity contribution in [1.82, 2.24) is 10.7 Å². The first-order valence-electron chi connectivity index (χ1n) is 6.12. The molecule has 2 N–H and O–H groups in total. The van der Waals surface area contributed by atoms with Gasteiger partial charge in [0.15, 0.2) is 6.29 Å². The Balaban J connectivity index is 1.66. The van der Waals surface area contributed by atoms with Gasteiger partial charge in [0.25, 0.3) is 5.91 Å². The molecule has 0 aromatic carbocycles. The third-order valence-corrected chi connectivity index (χ3v) is 2.73. The fourth-order valence-corrected chi connectivity index (χ4v) is 1.75. The first-order valence-corrected chi connectivity index (χ1v) is 6.12. The van der Waals surface area contributed by atoms with E-state index in [1.165, 1.54) is 0 Å². The van der Waals surface area contributed by atoms with Crippen LogP contribution in [-0.2, 0) is 19.1 Å². The maximum Gasteiger partial charge on any atom is 0.267 e. The predicted molar refractivity (Wildman–Crippen MR) is 62.7 cm³/mol. The Kier molecular flexibility index (Phi) is 4.66. The molecule has 18 heavy (non-hydrogen) atoms. The van der Waals surface area contributed by atoms with Crippen molar-refractivity contribution in [3.05, 3.63) is 0 Å². The minimum atomic E-state index is -0.245. The summed E-state index contributed by atoms with van der Waals surface area (Å²) in [7, 11) is 0. The Bertz CT molecular complexity index is 350. The Hall–Kier alpha value is -1.47. The number of carbonyl (C=O) groups excluding carboxylic acids is 2. The highest BCUT2D eigenvalue weighted by atomic mass is 16.7. The summed E-state index contributed by atoms with van der Waals surface area (Å²) >= 11 is 0. The van der Waals surface area contributed by atoms with E-state index in [0.717, 1.165) is 6.42 Å². The fraction of sp³-hybridized carbons (Fsp3) is 0.727. The van der Waals surface area contributed by atoms with Gasteiger partial charge in [-0.2, -0.15) is 5.10 Å². The third kappa shape index (κ3) is 3.78. The number of amides is 2. The summed E-state index contributed by atoms with van der Waals surface area (Å²) in [5, 5.41) is 6.45. The van der Waals surface area contributed by atoms with E-state index in [1.807, 2.05) is 0 Å². The highest BCUT2D eigenvalue weighted by molar-refractivity contribution is 6.39. The molecule has 0 aromatic rings. The van der Waals surface area contributed by atoms with Gasteiger partial charge in [0.2, 0.25) is 5.91 Å². The van der Waals surface area contributed by atoms with Crippen molar-refractivity contribution in [3.8, 4) is 0 Å². The second kappa shape index (κ2) is 6.46. The summed E-state index contributed by atoms with van der Waals surface area (Å²) < 4.78 is 10.7. The molecule has 2 amide bonds. The van der Waals surface area contributed by atoms with E-state index in [0.29, 0.717) is 44.7 Å². The van der Waals surface area contributed by atoms with Crippen molar-refractivity contribution >= 4 is 17.5 Å². The van der Waals surface area contributed by atoms with Gasteiger partial charge >= 0.3 is 0 Å². The SMILES string of the molecule is O=C1CCC(C(=O)NCCC2OCCCO2)=NN1. The largest absolute Gasteiger partial charge is 0.353 e. The van der Waals surface area contributed by atoms with Crippen molar-refractivity contribution in [2.24, 2.45) is 5.10 Å². The van der Waals surface area contributed by atoms with E-state index in [-0.39, 0.29) is 18.1 Å². The lowest BCUT2D eigenvalue weighted by Gasteiger charge is -2.23. The number of carbonyl (C=O) groups is 2. The Morgan fingerprint density at radius 3 is 2.83 bits per heavy atom. The summed E-state index contributed by atoms with van der Waals surface area (Å²) in [4.78, 5) is 22.5. The second-order valence-corrected chi connectivity index (χ2v) is 4.16. The van der Waals surface area contributed by atoms with Gasteiger partial charge in [-0.1, -0.05) is 0 Å². The number of hydrazone groups is 1.